The molecule has 0 aliphatic carbocycles. The summed E-state index contributed by atoms with van der Waals surface area (Å²) >= 11 is 0. The Labute approximate surface area is 96.5 Å². The first kappa shape index (κ1) is 29.3. The standard InChI is InChI=1S/4H3O2P.Sn/c4*1-3-2;/h4*3H2,(H,1,2);/q;;;;+4/p-4. The van der Waals surface area contributed by atoms with Crippen molar-refractivity contribution >= 4 is 58.7 Å². The fourth-order valence-corrected chi connectivity index (χ4v) is 0. The average molecular weight is 379 g/mol. The summed E-state index contributed by atoms with van der Waals surface area (Å²) < 4.78 is 33.8. The van der Waals surface area contributed by atoms with Gasteiger partial charge in [0.25, 0.3) is 0 Å². The summed E-state index contributed by atoms with van der Waals surface area (Å²) in [5.41, 5.74) is 0. The molecule has 0 N–H and O–H groups in total. The maximum absolute atomic E-state index is 8.46. The van der Waals surface area contributed by atoms with Crippen molar-refractivity contribution in [1.29, 1.82) is 0 Å². The van der Waals surface area contributed by atoms with Gasteiger partial charge < -0.3 is 37.8 Å². The van der Waals surface area contributed by atoms with Gasteiger partial charge in [0.15, 0.2) is 0 Å². The Morgan fingerprint density at radius 3 is 0.538 bits per heavy atom. The quantitative estimate of drug-likeness (QED) is 0.302. The van der Waals surface area contributed by atoms with E-state index in [9.17, 15) is 0 Å². The SMILES string of the molecule is O=[PH2][O-].O=[PH2][O-].O=[PH2][O-].O=[PH2][O-].[Sn+4]. The van der Waals surface area contributed by atoms with Gasteiger partial charge in [-0.05, 0) is 34.7 Å². The number of hydrogen-bond donors (Lipinski definition) is 0. The summed E-state index contributed by atoms with van der Waals surface area (Å²) in [5, 5.41) is 0. The fraction of sp³-hybridized carbons (Fsp3) is 0. The van der Waals surface area contributed by atoms with E-state index in [1.54, 1.807) is 0 Å². The third-order valence-corrected chi connectivity index (χ3v) is 0. The summed E-state index contributed by atoms with van der Waals surface area (Å²) in [5.74, 6) is 0. The molecule has 0 aliphatic heterocycles. The van der Waals surface area contributed by atoms with Crippen LogP contribution in [0.25, 0.3) is 0 Å². The Balaban J connectivity index is -0.0000000213. The van der Waals surface area contributed by atoms with Gasteiger partial charge in [0.1, 0.15) is 0 Å². The second-order valence-corrected chi connectivity index (χ2v) is 1.15. The topological polar surface area (TPSA) is 161 Å². The van der Waals surface area contributed by atoms with E-state index >= 15 is 0 Å². The molecule has 0 aromatic carbocycles. The number of hydrogen-bond acceptors (Lipinski definition) is 8. The van der Waals surface area contributed by atoms with Gasteiger partial charge in [-0.3, -0.25) is 0 Å². The largest absolute Gasteiger partial charge is 4.00 e. The second-order valence-electron chi connectivity index (χ2n) is 0.385. The molecule has 80 valence electrons. The third-order valence-electron chi connectivity index (χ3n) is 0. The van der Waals surface area contributed by atoms with Gasteiger partial charge in [0.2, 0.25) is 0 Å². The molecule has 0 bridgehead atoms. The molecule has 0 amide bonds. The van der Waals surface area contributed by atoms with Crippen molar-refractivity contribution in [3.8, 4) is 0 Å². The van der Waals surface area contributed by atoms with E-state index in [1.165, 1.54) is 0 Å². The molecule has 0 radical (unpaired) electrons. The predicted octanol–water partition coefficient (Wildman–Crippen LogP) is -4.31. The maximum Gasteiger partial charge on any atom is 4.00 e. The minimum absolute atomic E-state index is 0. The van der Waals surface area contributed by atoms with Gasteiger partial charge in [0, 0.05) is 0 Å². The summed E-state index contributed by atoms with van der Waals surface area (Å²) in [4.78, 5) is 33.8. The average Bonchev–Trinajstić information content (AvgIpc) is 1.92. The Morgan fingerprint density at radius 1 is 0.538 bits per heavy atom. The first-order valence-corrected chi connectivity index (χ1v) is 5.66. The minimum Gasteiger partial charge on any atom is -0.804 e. The molecule has 4 atom stereocenters. The van der Waals surface area contributed by atoms with Gasteiger partial charge in [-0.15, -0.1) is 0 Å². The van der Waals surface area contributed by atoms with E-state index in [4.69, 9.17) is 37.8 Å². The van der Waals surface area contributed by atoms with Crippen LogP contribution < -0.4 is 19.6 Å². The smallest absolute Gasteiger partial charge is 0.804 e. The predicted molar refractivity (Wildman–Crippen MR) is 47.3 cm³/mol. The molecule has 8 nitrogen and oxygen atoms in total. The molecule has 0 rings (SSSR count). The zero-order valence-electron chi connectivity index (χ0n) is 6.08. The Morgan fingerprint density at radius 2 is 0.538 bits per heavy atom. The summed E-state index contributed by atoms with van der Waals surface area (Å²) in [6.45, 7) is 0. The molecule has 0 aromatic rings. The molecule has 0 aromatic heterocycles. The van der Waals surface area contributed by atoms with Crippen molar-refractivity contribution < 1.29 is 37.8 Å². The Bertz CT molecular complexity index is 70.1. The summed E-state index contributed by atoms with van der Waals surface area (Å²) in [6.07, 6.45) is 0. The van der Waals surface area contributed by atoms with E-state index in [0.717, 1.165) is 0 Å². The molecule has 0 spiro atoms. The fourth-order valence-electron chi connectivity index (χ4n) is 0. The second kappa shape index (κ2) is 69.2. The third kappa shape index (κ3) is 746. The van der Waals surface area contributed by atoms with Crippen LogP contribution in [0.15, 0.2) is 0 Å². The van der Waals surface area contributed by atoms with Crippen molar-refractivity contribution in [2.45, 2.75) is 0 Å². The first-order valence-electron chi connectivity index (χ1n) is 1.89. The Kier molecular flexibility index (Phi) is 156. The summed E-state index contributed by atoms with van der Waals surface area (Å²) in [7, 11) is -7.00. The minimum atomic E-state index is -1.75. The zero-order chi connectivity index (χ0) is 10.8. The molecule has 4 unspecified atom stereocenters. The van der Waals surface area contributed by atoms with E-state index < -0.39 is 34.7 Å². The zero-order valence-corrected chi connectivity index (χ0v) is 13.5. The van der Waals surface area contributed by atoms with Crippen molar-refractivity contribution in [3.05, 3.63) is 0 Å². The van der Waals surface area contributed by atoms with Crippen LogP contribution in [0.4, 0.5) is 0 Å². The van der Waals surface area contributed by atoms with Crippen LogP contribution in [-0.2, 0) is 18.3 Å². The van der Waals surface area contributed by atoms with Gasteiger partial charge in [0.05, 0.1) is 0 Å². The molecule has 0 heterocycles. The van der Waals surface area contributed by atoms with Crippen LogP contribution >= 0.6 is 34.7 Å². The maximum atomic E-state index is 8.46. The van der Waals surface area contributed by atoms with Gasteiger partial charge >= 0.3 is 23.9 Å². The molecular formula is H8O8P4Sn. The van der Waals surface area contributed by atoms with Crippen LogP contribution in [0, 0.1) is 0 Å². The van der Waals surface area contributed by atoms with E-state index in [-0.39, 0.29) is 23.9 Å². The Hall–Kier alpha value is 1.56. The van der Waals surface area contributed by atoms with Crippen molar-refractivity contribution in [3.63, 3.8) is 0 Å². The van der Waals surface area contributed by atoms with E-state index in [2.05, 4.69) is 0 Å². The van der Waals surface area contributed by atoms with Crippen LogP contribution in [-0.4, -0.2) is 23.9 Å². The van der Waals surface area contributed by atoms with E-state index in [1.807, 2.05) is 0 Å². The van der Waals surface area contributed by atoms with Crippen LogP contribution in [0.1, 0.15) is 0 Å². The van der Waals surface area contributed by atoms with Crippen LogP contribution in [0.2, 0.25) is 0 Å². The molecule has 13 heavy (non-hydrogen) atoms. The van der Waals surface area contributed by atoms with Crippen LogP contribution in [0.3, 0.4) is 0 Å². The molecule has 0 saturated heterocycles. The summed E-state index contributed by atoms with van der Waals surface area (Å²) in [6, 6.07) is 0. The van der Waals surface area contributed by atoms with Gasteiger partial charge in [-0.2, -0.15) is 0 Å². The molecule has 0 aliphatic rings. The number of rotatable bonds is 0. The molecule has 0 saturated carbocycles. The van der Waals surface area contributed by atoms with E-state index in [0.29, 0.717) is 0 Å². The van der Waals surface area contributed by atoms with Crippen molar-refractivity contribution in [2.75, 3.05) is 0 Å². The molecule has 0 fully saturated rings. The van der Waals surface area contributed by atoms with Crippen LogP contribution in [0.5, 0.6) is 0 Å². The van der Waals surface area contributed by atoms with Gasteiger partial charge in [-0.1, -0.05) is 0 Å². The molecule has 13 heteroatoms. The monoisotopic (exact) mass is 380 g/mol. The van der Waals surface area contributed by atoms with Crippen molar-refractivity contribution in [1.82, 2.24) is 0 Å². The first-order chi connectivity index (χ1) is 5.66. The van der Waals surface area contributed by atoms with Crippen molar-refractivity contribution in [2.24, 2.45) is 0 Å². The molecular weight excluding hydrogens is 371 g/mol. The van der Waals surface area contributed by atoms with Gasteiger partial charge in [-0.25, -0.2) is 0 Å². The normalized spacial score (nSPS) is 8.92.